The number of carbonyl (C=O) groups excluding carboxylic acids is 1. The number of fused-ring (bicyclic) bond motifs is 1. The topological polar surface area (TPSA) is 72.2 Å². The minimum atomic E-state index is -5.04. The van der Waals surface area contributed by atoms with Crippen LogP contribution in [0.1, 0.15) is 39.6 Å². The molecule has 0 aliphatic carbocycles. The third-order valence-corrected chi connectivity index (χ3v) is 2.78. The zero-order valence-corrected chi connectivity index (χ0v) is 9.12. The second kappa shape index (κ2) is 4.11. The lowest BCUT2D eigenvalue weighted by Gasteiger charge is -2.16. The molecule has 0 saturated carbocycles. The fourth-order valence-electron chi connectivity index (χ4n) is 2.02. The average Bonchev–Trinajstić information content (AvgIpc) is 2.66. The van der Waals surface area contributed by atoms with Crippen LogP contribution in [0.4, 0.5) is 13.2 Å². The Kier molecular flexibility index (Phi) is 2.88. The predicted molar refractivity (Wildman–Crippen MR) is 52.5 cm³/mol. The highest BCUT2D eigenvalue weighted by molar-refractivity contribution is 6.00. The highest BCUT2D eigenvalue weighted by Gasteiger charge is 2.43. The Morgan fingerprint density at radius 2 is 1.94 bits per heavy atom. The van der Waals surface area contributed by atoms with Gasteiger partial charge in [0.1, 0.15) is 5.69 Å². The van der Waals surface area contributed by atoms with Crippen molar-refractivity contribution in [3.8, 4) is 0 Å². The van der Waals surface area contributed by atoms with Gasteiger partial charge in [0.05, 0.1) is 0 Å². The molecule has 5 nitrogen and oxygen atoms in total. The number of ketones is 1. The predicted octanol–water partition coefficient (Wildman–Crippen LogP) is 1.66. The summed E-state index contributed by atoms with van der Waals surface area (Å²) in [5.41, 5.74) is -0.708. The van der Waals surface area contributed by atoms with Crippen LogP contribution in [0.3, 0.4) is 0 Å². The van der Waals surface area contributed by atoms with Gasteiger partial charge >= 0.3 is 12.1 Å². The molecule has 0 atom stereocenters. The van der Waals surface area contributed by atoms with Crippen molar-refractivity contribution >= 4 is 11.8 Å². The summed E-state index contributed by atoms with van der Waals surface area (Å²) >= 11 is 0. The zero-order valence-electron chi connectivity index (χ0n) is 9.12. The number of carboxylic acids is 1. The van der Waals surface area contributed by atoms with Crippen molar-refractivity contribution in [2.75, 3.05) is 0 Å². The van der Waals surface area contributed by atoms with Gasteiger partial charge in [0.15, 0.2) is 0 Å². The second-order valence-electron chi connectivity index (χ2n) is 3.97. The van der Waals surface area contributed by atoms with Crippen LogP contribution in [0.25, 0.3) is 0 Å². The molecule has 1 aliphatic heterocycles. The number of aromatic nitrogens is 2. The number of imidazole rings is 1. The summed E-state index contributed by atoms with van der Waals surface area (Å²) in [6, 6.07) is 0. The minimum Gasteiger partial charge on any atom is -0.475 e. The summed E-state index contributed by atoms with van der Waals surface area (Å²) in [6.45, 7) is 0.273. The van der Waals surface area contributed by atoms with Gasteiger partial charge in [-0.3, -0.25) is 4.79 Å². The highest BCUT2D eigenvalue weighted by Crippen LogP contribution is 2.27. The molecule has 8 heteroatoms. The lowest BCUT2D eigenvalue weighted by atomic mass is 10.1. The van der Waals surface area contributed by atoms with E-state index in [-0.39, 0.29) is 18.7 Å². The largest absolute Gasteiger partial charge is 0.475 e. The number of rotatable bonds is 2. The molecule has 0 amide bonds. The molecular formula is C10H9F3N2O3. The van der Waals surface area contributed by atoms with Gasteiger partial charge in [0, 0.05) is 12.2 Å². The van der Waals surface area contributed by atoms with E-state index in [4.69, 9.17) is 5.11 Å². The normalized spacial score (nSPS) is 15.3. The van der Waals surface area contributed by atoms with Crippen LogP contribution >= 0.6 is 0 Å². The van der Waals surface area contributed by atoms with E-state index in [9.17, 15) is 22.8 Å². The van der Waals surface area contributed by atoms with Gasteiger partial charge in [0.2, 0.25) is 5.82 Å². The van der Waals surface area contributed by atoms with Crippen molar-refractivity contribution in [3.63, 3.8) is 0 Å². The fourth-order valence-corrected chi connectivity index (χ4v) is 2.02. The molecule has 1 aromatic rings. The summed E-state index contributed by atoms with van der Waals surface area (Å²) in [5, 5.41) is 8.86. The minimum absolute atomic E-state index is 0.0703. The standard InChI is InChI=1S/C10H9F3N2O3/c11-10(12,13)7(16)6-5-3-1-2-4-15(5)8(14-6)9(17)18/h1-4H2,(H,17,18). The average molecular weight is 262 g/mol. The van der Waals surface area contributed by atoms with E-state index >= 15 is 0 Å². The van der Waals surface area contributed by atoms with Gasteiger partial charge in [-0.25, -0.2) is 9.78 Å². The molecule has 98 valence electrons. The first-order valence-electron chi connectivity index (χ1n) is 5.26. The second-order valence-corrected chi connectivity index (χ2v) is 3.97. The molecule has 0 saturated heterocycles. The number of Topliss-reactive ketones (excluding diaryl/α,β-unsaturated/α-hetero) is 1. The summed E-state index contributed by atoms with van der Waals surface area (Å²) in [5.74, 6) is -4.02. The van der Waals surface area contributed by atoms with Crippen LogP contribution < -0.4 is 0 Å². The van der Waals surface area contributed by atoms with Crippen molar-refractivity contribution in [1.29, 1.82) is 0 Å². The summed E-state index contributed by atoms with van der Waals surface area (Å²) in [4.78, 5) is 25.4. The third kappa shape index (κ3) is 1.98. The Hall–Kier alpha value is -1.86. The molecule has 0 aromatic carbocycles. The fraction of sp³-hybridized carbons (Fsp3) is 0.500. The first kappa shape index (κ1) is 12.6. The van der Waals surface area contributed by atoms with E-state index in [0.29, 0.717) is 12.8 Å². The van der Waals surface area contributed by atoms with Crippen LogP contribution in [0.5, 0.6) is 0 Å². The van der Waals surface area contributed by atoms with E-state index in [1.807, 2.05) is 0 Å². The number of hydrogen-bond donors (Lipinski definition) is 1. The maximum atomic E-state index is 12.4. The summed E-state index contributed by atoms with van der Waals surface area (Å²) in [7, 11) is 0. The molecule has 0 radical (unpaired) electrons. The lowest BCUT2D eigenvalue weighted by molar-refractivity contribution is -0.0888. The summed E-state index contributed by atoms with van der Waals surface area (Å²) in [6.07, 6.45) is -3.54. The lowest BCUT2D eigenvalue weighted by Crippen LogP contribution is -2.25. The van der Waals surface area contributed by atoms with E-state index in [1.165, 1.54) is 4.57 Å². The number of nitrogens with zero attached hydrogens (tertiary/aromatic N) is 2. The summed E-state index contributed by atoms with van der Waals surface area (Å²) < 4.78 is 38.3. The third-order valence-electron chi connectivity index (χ3n) is 2.78. The number of hydrogen-bond acceptors (Lipinski definition) is 3. The van der Waals surface area contributed by atoms with Crippen LogP contribution in [0.15, 0.2) is 0 Å². The van der Waals surface area contributed by atoms with Gasteiger partial charge in [-0.2, -0.15) is 13.2 Å². The zero-order chi connectivity index (χ0) is 13.5. The van der Waals surface area contributed by atoms with Crippen LogP contribution in [0, 0.1) is 0 Å². The molecule has 1 aliphatic rings. The SMILES string of the molecule is O=C(O)c1nc(C(=O)C(F)(F)F)c2n1CCCC2. The highest BCUT2D eigenvalue weighted by atomic mass is 19.4. The number of alkyl halides is 3. The maximum Gasteiger partial charge on any atom is 0.456 e. The van der Waals surface area contributed by atoms with Gasteiger partial charge in [-0.1, -0.05) is 0 Å². The van der Waals surface area contributed by atoms with E-state index < -0.39 is 29.4 Å². The molecule has 18 heavy (non-hydrogen) atoms. The Bertz CT molecular complexity index is 519. The molecule has 1 N–H and O–H groups in total. The van der Waals surface area contributed by atoms with Crippen LogP contribution in [0.2, 0.25) is 0 Å². The van der Waals surface area contributed by atoms with Crippen LogP contribution in [-0.4, -0.2) is 32.6 Å². The number of carbonyl (C=O) groups is 2. The maximum absolute atomic E-state index is 12.4. The van der Waals surface area contributed by atoms with E-state index in [0.717, 1.165) is 0 Å². The van der Waals surface area contributed by atoms with Crippen molar-refractivity contribution in [1.82, 2.24) is 9.55 Å². The quantitative estimate of drug-likeness (QED) is 0.823. The smallest absolute Gasteiger partial charge is 0.456 e. The van der Waals surface area contributed by atoms with E-state index in [2.05, 4.69) is 4.98 Å². The molecule has 1 aromatic heterocycles. The van der Waals surface area contributed by atoms with Crippen LogP contribution in [-0.2, 0) is 13.0 Å². The van der Waals surface area contributed by atoms with Crippen molar-refractivity contribution in [2.24, 2.45) is 0 Å². The number of halogens is 3. The Labute approximate surface area is 99.2 Å². The molecule has 2 rings (SSSR count). The molecule has 0 bridgehead atoms. The van der Waals surface area contributed by atoms with Crippen molar-refractivity contribution in [3.05, 3.63) is 17.2 Å². The van der Waals surface area contributed by atoms with Gasteiger partial charge in [-0.15, -0.1) is 0 Å². The molecular weight excluding hydrogens is 253 g/mol. The Morgan fingerprint density at radius 3 is 2.50 bits per heavy atom. The van der Waals surface area contributed by atoms with Crippen molar-refractivity contribution < 1.29 is 27.9 Å². The van der Waals surface area contributed by atoms with E-state index in [1.54, 1.807) is 0 Å². The monoisotopic (exact) mass is 262 g/mol. The first-order chi connectivity index (χ1) is 8.32. The molecule has 0 unspecified atom stereocenters. The Morgan fingerprint density at radius 1 is 1.28 bits per heavy atom. The number of carboxylic acid groups (broad SMARTS) is 1. The molecule has 0 spiro atoms. The Balaban J connectivity index is 2.55. The molecule has 0 fully saturated rings. The van der Waals surface area contributed by atoms with Crippen molar-refractivity contribution in [2.45, 2.75) is 32.0 Å². The van der Waals surface area contributed by atoms with Gasteiger partial charge in [-0.05, 0) is 19.3 Å². The first-order valence-corrected chi connectivity index (χ1v) is 5.26. The van der Waals surface area contributed by atoms with Gasteiger partial charge < -0.3 is 9.67 Å². The number of aromatic carboxylic acids is 1. The molecule has 2 heterocycles. The van der Waals surface area contributed by atoms with Gasteiger partial charge in [0.25, 0.3) is 5.78 Å².